The number of hydrogen-bond donors (Lipinski definition) is 9. The monoisotopic (exact) mass is 1650 g/mol. The second-order valence-electron chi connectivity index (χ2n) is 30.9. The summed E-state index contributed by atoms with van der Waals surface area (Å²) in [4.78, 5) is 155. The van der Waals surface area contributed by atoms with Crippen molar-refractivity contribution in [3.63, 3.8) is 0 Å². The molecule has 0 fully saturated rings. The number of ketones is 7. The number of aromatic nitrogens is 1. The van der Waals surface area contributed by atoms with E-state index in [1.165, 1.54) is 62.4 Å². The maximum absolute atomic E-state index is 13.5. The number of anilines is 7. The lowest BCUT2D eigenvalue weighted by molar-refractivity contribution is -0.385. The molecule has 0 aliphatic heterocycles. The van der Waals surface area contributed by atoms with Crippen LogP contribution in [-0.4, -0.2) is 85.0 Å². The number of fused-ring (bicyclic) bond motifs is 9. The molecule has 0 atom stereocenters. The zero-order valence-electron chi connectivity index (χ0n) is 67.9. The van der Waals surface area contributed by atoms with Crippen LogP contribution < -0.4 is 54.5 Å². The summed E-state index contributed by atoms with van der Waals surface area (Å²) in [6.45, 7) is 23.9. The average Bonchev–Trinajstić information content (AvgIpc) is 1.55. The summed E-state index contributed by atoms with van der Waals surface area (Å²) in [5, 5.41) is 46.9. The Morgan fingerprint density at radius 3 is 1.25 bits per heavy atom. The van der Waals surface area contributed by atoms with Gasteiger partial charge in [0.2, 0.25) is 21.6 Å². The molecule has 12 aromatic carbocycles. The molecule has 26 nitrogen and oxygen atoms in total. The van der Waals surface area contributed by atoms with Gasteiger partial charge >= 0.3 is 0 Å². The van der Waals surface area contributed by atoms with Gasteiger partial charge in [-0.3, -0.25) is 67.6 Å². The van der Waals surface area contributed by atoms with Crippen LogP contribution in [0.1, 0.15) is 206 Å². The Balaban J connectivity index is 0.000000154. The lowest BCUT2D eigenvalue weighted by atomic mass is 9.80. The first-order chi connectivity index (χ1) is 57.2. The summed E-state index contributed by atoms with van der Waals surface area (Å²) >= 11 is 0. The lowest BCUT2D eigenvalue weighted by Crippen LogP contribution is -2.28. The smallest absolute Gasteiger partial charge is 0.281 e. The van der Waals surface area contributed by atoms with Crippen molar-refractivity contribution in [3.05, 3.63) is 335 Å². The third kappa shape index (κ3) is 16.8. The molecule has 16 rings (SSSR count). The fraction of sp³-hybridized carbons (Fsp3) is 0.181. The lowest BCUT2D eigenvalue weighted by Gasteiger charge is -2.24. The van der Waals surface area contributed by atoms with Crippen molar-refractivity contribution in [1.82, 2.24) is 4.57 Å². The highest BCUT2D eigenvalue weighted by Gasteiger charge is 2.42. The Labute approximate surface area is 693 Å². The van der Waals surface area contributed by atoms with Crippen molar-refractivity contribution in [3.8, 4) is 22.9 Å². The van der Waals surface area contributed by atoms with E-state index in [2.05, 4.69) is 56.9 Å². The minimum Gasteiger partial charge on any atom is -0.507 e. The maximum atomic E-state index is 13.5. The van der Waals surface area contributed by atoms with Crippen molar-refractivity contribution >= 4 is 128 Å². The molecule has 27 heteroatoms. The number of nitrogens with one attached hydrogen (secondary N) is 3. The van der Waals surface area contributed by atoms with E-state index in [4.69, 9.17) is 17.2 Å². The Morgan fingerprint density at radius 2 is 0.802 bits per heavy atom. The highest BCUT2D eigenvalue weighted by Crippen LogP contribution is 2.45. The molecule has 3 aliphatic rings. The third-order valence-electron chi connectivity index (χ3n) is 19.5. The molecule has 1 heterocycles. The molecule has 0 bridgehead atoms. The minimum absolute atomic E-state index is 0.0527. The van der Waals surface area contributed by atoms with Crippen LogP contribution in [0.4, 0.5) is 45.5 Å². The number of phenolic OH excluding ortho intramolecular Hbond substituents is 3. The summed E-state index contributed by atoms with van der Waals surface area (Å²) < 4.78 is 28.8. The van der Waals surface area contributed by atoms with E-state index in [9.17, 15) is 86.6 Å². The van der Waals surface area contributed by atoms with Gasteiger partial charge in [-0.15, -0.1) is 0 Å². The van der Waals surface area contributed by atoms with Crippen molar-refractivity contribution in [1.29, 1.82) is 0 Å². The Kier molecular flexibility index (Phi) is 25.3. The van der Waals surface area contributed by atoms with Crippen molar-refractivity contribution in [2.75, 3.05) is 32.6 Å². The molecule has 3 aliphatic carbocycles. The van der Waals surface area contributed by atoms with Gasteiger partial charge in [0.25, 0.3) is 16.8 Å². The van der Waals surface area contributed by atoms with E-state index in [1.54, 1.807) is 127 Å². The number of hydrogen-bond acceptors (Lipinski definition) is 23. The highest BCUT2D eigenvalue weighted by molar-refractivity contribution is 7.93. The van der Waals surface area contributed by atoms with Gasteiger partial charge in [0.05, 0.1) is 105 Å². The quantitative estimate of drug-likeness (QED) is 0.0104. The number of rotatable bonds is 12. The van der Waals surface area contributed by atoms with Gasteiger partial charge < -0.3 is 43.2 Å². The van der Waals surface area contributed by atoms with E-state index >= 15 is 0 Å². The molecule has 0 radical (unpaired) electrons. The molecule has 13 aromatic rings. The topological polar surface area (TPSA) is 445 Å². The number of phenols is 3. The van der Waals surface area contributed by atoms with Gasteiger partial charge in [0.15, 0.2) is 39.8 Å². The summed E-state index contributed by atoms with van der Waals surface area (Å²) in [6, 6.07) is 52.4. The molecule has 0 saturated heterocycles. The average molecular weight is 1650 g/mol. The number of nitro groups is 1. The van der Waals surface area contributed by atoms with Crippen LogP contribution in [0.25, 0.3) is 38.0 Å². The fourth-order valence-electron chi connectivity index (χ4n) is 13.9. The third-order valence-corrected chi connectivity index (χ3v) is 21.2. The molecule has 0 saturated carbocycles. The van der Waals surface area contributed by atoms with Gasteiger partial charge in [0, 0.05) is 67.6 Å². The number of nitrogens with two attached hydrogens (primary N) is 3. The molecule has 616 valence electrons. The zero-order chi connectivity index (χ0) is 88.4. The molecular formula is C94H86N8O18S. The molecule has 0 unspecified atom stereocenters. The number of nitrogen functional groups attached to an aromatic ring is 3. The van der Waals surface area contributed by atoms with Crippen LogP contribution in [0, 0.1) is 22.0 Å². The number of sulfonamides is 1. The molecule has 121 heavy (non-hydrogen) atoms. The first-order valence-electron chi connectivity index (χ1n) is 38.5. The van der Waals surface area contributed by atoms with Gasteiger partial charge in [-0.2, -0.15) is 0 Å². The summed E-state index contributed by atoms with van der Waals surface area (Å²) in [5.74, 6) is -3.04. The summed E-state index contributed by atoms with van der Waals surface area (Å²) in [7, 11) is -3.90. The molecule has 12 N–H and O–H groups in total. The number of carbonyl (C=O) groups is 7. The van der Waals surface area contributed by atoms with Gasteiger partial charge in [-0.25, -0.2) is 13.0 Å². The highest BCUT2D eigenvalue weighted by atomic mass is 32.2. The molecule has 0 amide bonds. The minimum atomic E-state index is -3.90. The van der Waals surface area contributed by atoms with E-state index in [0.717, 1.165) is 34.1 Å². The predicted molar refractivity (Wildman–Crippen MR) is 471 cm³/mol. The SMILES string of the molecule is CC(C)C.CC(C)C.CC(C)Nc1ccc(O)c2c1C(=O)c1ccccc1C2=O.CC(C)c1ccc(C(=O)c2cc(NS(=O)(=O)C(C)C)c3c(c2N)C(=O)c2ccccc2C3=O)cc1.Nc1c2c(=O)c3ccccc3c(=O)c2c(N)c2c(=O)n(-c3ccccc3)c(=O)c12.O=C1c2c(O)ccc(Nc3ccccc3)c2C(=O)c2c([N+](=O)[O-])ccc(O)c21. The second-order valence-corrected chi connectivity index (χ2v) is 33.2. The fourth-order valence-corrected chi connectivity index (χ4v) is 14.6. The van der Waals surface area contributed by atoms with Crippen LogP contribution in [0.3, 0.4) is 0 Å². The number of carbonyl (C=O) groups excluding carboxylic acids is 7. The van der Waals surface area contributed by atoms with Crippen LogP contribution in [-0.2, 0) is 10.0 Å². The predicted octanol–water partition coefficient (Wildman–Crippen LogP) is 15.8. The Morgan fingerprint density at radius 1 is 0.421 bits per heavy atom. The number of nitrogens with zero attached hydrogens (tertiary/aromatic N) is 2. The first-order valence-corrected chi connectivity index (χ1v) is 40.1. The van der Waals surface area contributed by atoms with Crippen molar-refractivity contribution < 1.29 is 62.2 Å². The Hall–Kier alpha value is -14.9. The van der Waals surface area contributed by atoms with Crippen LogP contribution in [0.5, 0.6) is 17.2 Å². The van der Waals surface area contributed by atoms with E-state index in [-0.39, 0.29) is 140 Å². The molecular weight excluding hydrogens is 1560 g/mol. The standard InChI is InChI=1S/C27H26N2O5S.C22H13N3O4.C20H12N2O6.C17H15NO3.2C4H10/c1-14(2)16-9-11-17(12-10-16)25(30)20-13-21(29-35(33,34)15(3)4)22-23(24(20)28)27(32)19-8-6-5-7-18(19)26(22)31;23-17-13-14(20(27)12-9-5-4-8-11(12)19(13)26)18(24)16-15(17)21(28)25(22(16)29)10-6-2-1-3-7-10;23-13-8-6-11(21-10-4-2-1-3-5-10)15-17(13)20(26)18-14(24)9-7-12(22(27)28)16(18)19(15)25;1-9(2)18-12-7-8-13(19)15-14(12)16(20)10-5-3-4-6-11(10)17(15)21;2*1-4(2)3/h5-15,29H,28H2,1-4H3;1-9H,23-24H2;1-9,21,23-24H;3-9,18-19H,1-2H3;2*4H,1-3H3. The maximum Gasteiger partial charge on any atom is 0.281 e. The Bertz CT molecular complexity index is 6690. The van der Waals surface area contributed by atoms with Gasteiger partial charge in [-0.05, 0) is 112 Å². The van der Waals surface area contributed by atoms with Crippen LogP contribution in [0.15, 0.2) is 219 Å². The molecule has 0 spiro atoms. The van der Waals surface area contributed by atoms with E-state index < -0.39 is 99.4 Å². The number of benzene rings is 12. The van der Waals surface area contributed by atoms with E-state index in [1.807, 2.05) is 39.8 Å². The summed E-state index contributed by atoms with van der Waals surface area (Å²) in [5.41, 5.74) is 17.7. The van der Waals surface area contributed by atoms with Crippen LogP contribution >= 0.6 is 0 Å². The number of para-hydroxylation sites is 2. The normalized spacial score (nSPS) is 12.3. The molecule has 1 aromatic heterocycles. The number of nitro benzene ring substituents is 1. The largest absolute Gasteiger partial charge is 0.507 e. The summed E-state index contributed by atoms with van der Waals surface area (Å²) in [6.07, 6.45) is 0. The van der Waals surface area contributed by atoms with Gasteiger partial charge in [0.1, 0.15) is 22.8 Å². The van der Waals surface area contributed by atoms with E-state index in [0.29, 0.717) is 33.8 Å². The number of aromatic hydroxyl groups is 3. The van der Waals surface area contributed by atoms with Crippen molar-refractivity contribution in [2.24, 2.45) is 11.8 Å². The second kappa shape index (κ2) is 35.1. The van der Waals surface area contributed by atoms with Gasteiger partial charge in [-0.1, -0.05) is 189 Å². The van der Waals surface area contributed by atoms with Crippen molar-refractivity contribution in [2.45, 2.75) is 100 Å². The zero-order valence-corrected chi connectivity index (χ0v) is 68.8. The first kappa shape index (κ1) is 87.0. The van der Waals surface area contributed by atoms with Crippen LogP contribution in [0.2, 0.25) is 0 Å².